The molecule has 0 amide bonds. The summed E-state index contributed by atoms with van der Waals surface area (Å²) in [5.74, 6) is -0.618. The van der Waals surface area contributed by atoms with Crippen molar-refractivity contribution in [1.29, 1.82) is 0 Å². The normalized spacial score (nSPS) is 13.5. The minimum atomic E-state index is -0.799. The van der Waals surface area contributed by atoms with Gasteiger partial charge in [-0.05, 0) is 154 Å². The van der Waals surface area contributed by atoms with Crippen LogP contribution in [-0.4, -0.2) is 36.4 Å². The molecular weight excluding hydrogens is 1150 g/mol. The van der Waals surface area contributed by atoms with E-state index in [2.05, 4.69) is 233 Å². The Morgan fingerprint density at radius 2 is 0.426 bits per heavy atom. The molecule has 0 aliphatic carbocycles. The zero-order valence-electron chi connectivity index (χ0n) is 60.4. The lowest BCUT2D eigenvalue weighted by Crippen LogP contribution is -2.28. The SMILES string of the molecule is CC/C=C\C/C=C\C/C=C\C/C=C\C/C=C\C/C=C\C/C=C\C/C=C\C/C=C\C/C=C\C/C=C\CCCCCCCC(=O)OC(CO)COC(=O)CCCCCCCCCCCCCCCCCCCCC/C=C\C/C=C\C/C=C\C/C=C\C/C=C\C/C=C\C/C=C\CC. The van der Waals surface area contributed by atoms with E-state index in [-0.39, 0.29) is 25.2 Å². The van der Waals surface area contributed by atoms with Crippen molar-refractivity contribution in [2.75, 3.05) is 13.2 Å². The largest absolute Gasteiger partial charge is 0.462 e. The third-order valence-electron chi connectivity index (χ3n) is 15.8. The van der Waals surface area contributed by atoms with Gasteiger partial charge in [-0.1, -0.05) is 361 Å². The van der Waals surface area contributed by atoms with Crippen LogP contribution in [0.2, 0.25) is 0 Å². The van der Waals surface area contributed by atoms with Gasteiger partial charge in [-0.25, -0.2) is 0 Å². The van der Waals surface area contributed by atoms with Crippen molar-refractivity contribution in [3.63, 3.8) is 0 Å². The standard InChI is InChI=1S/C89H140O5/c1-3-5-7-9-11-13-15-17-19-21-23-25-27-29-31-33-35-37-39-41-43-44-46-47-49-51-53-55-57-59-61-63-65-67-69-71-73-75-77-79-81-83-88(91)93-86-87(85-90)94-89(92)84-82-80-78-76-74-72-70-68-66-64-62-60-58-56-54-52-50-48-45-42-40-38-36-34-32-30-28-26-24-22-20-18-16-14-12-10-8-6-4-2/h5-8,11-14,17-20,23-26,29-32,35-38,41-43,45,50,52,56,58,62,64,68,70,87,90H,3-4,9-10,15-16,21-22,27-28,33-34,39-40,44,46-49,51,53-55,57,59-61,63,65-67,69,71-86H2,1-2H3/b7-5-,8-6-,13-11-,14-12-,19-17-,20-18-,25-23-,26-24-,31-29-,32-30-,37-35-,38-36-,43-41-,45-42-,52-50-,58-56-,64-62-,70-68-. The number of hydrogen-bond donors (Lipinski definition) is 1. The van der Waals surface area contributed by atoms with E-state index in [0.29, 0.717) is 12.8 Å². The van der Waals surface area contributed by atoms with E-state index in [1.165, 1.54) is 109 Å². The first kappa shape index (κ1) is 88.2. The van der Waals surface area contributed by atoms with Gasteiger partial charge in [0.05, 0.1) is 6.61 Å². The molecule has 0 aliphatic rings. The fraction of sp³-hybridized carbons (Fsp3) is 0.573. The predicted octanol–water partition coefficient (Wildman–Crippen LogP) is 27.4. The molecule has 0 saturated heterocycles. The van der Waals surface area contributed by atoms with E-state index in [1.54, 1.807) is 0 Å². The molecule has 94 heavy (non-hydrogen) atoms. The number of unbranched alkanes of at least 4 members (excludes halogenated alkanes) is 24. The van der Waals surface area contributed by atoms with Gasteiger partial charge in [0.2, 0.25) is 0 Å². The fourth-order valence-electron chi connectivity index (χ4n) is 10.1. The summed E-state index contributed by atoms with van der Waals surface area (Å²) in [6.07, 6.45) is 131. The van der Waals surface area contributed by atoms with Crippen molar-refractivity contribution in [3.8, 4) is 0 Å². The number of esters is 2. The van der Waals surface area contributed by atoms with Crippen LogP contribution in [-0.2, 0) is 19.1 Å². The highest BCUT2D eigenvalue weighted by Gasteiger charge is 2.16. The van der Waals surface area contributed by atoms with Gasteiger partial charge < -0.3 is 14.6 Å². The smallest absolute Gasteiger partial charge is 0.306 e. The third kappa shape index (κ3) is 78.7. The van der Waals surface area contributed by atoms with E-state index in [9.17, 15) is 14.7 Å². The number of aliphatic hydroxyl groups excluding tert-OH is 1. The Balaban J connectivity index is 3.57. The highest BCUT2D eigenvalue weighted by molar-refractivity contribution is 5.70. The molecule has 0 bridgehead atoms. The van der Waals surface area contributed by atoms with E-state index < -0.39 is 6.10 Å². The summed E-state index contributed by atoms with van der Waals surface area (Å²) in [5, 5.41) is 9.72. The summed E-state index contributed by atoms with van der Waals surface area (Å²) in [4.78, 5) is 24.7. The number of rotatable bonds is 68. The molecule has 0 fully saturated rings. The summed E-state index contributed by atoms with van der Waals surface area (Å²) in [7, 11) is 0. The van der Waals surface area contributed by atoms with Gasteiger partial charge in [-0.2, -0.15) is 0 Å². The lowest BCUT2D eigenvalue weighted by Gasteiger charge is -2.15. The average molecular weight is 1290 g/mol. The molecule has 1 atom stereocenters. The van der Waals surface area contributed by atoms with Crippen molar-refractivity contribution < 1.29 is 24.2 Å². The molecule has 1 N–H and O–H groups in total. The average Bonchev–Trinajstić information content (AvgIpc) is 3.65. The summed E-state index contributed by atoms with van der Waals surface area (Å²) >= 11 is 0. The molecule has 5 heteroatoms. The van der Waals surface area contributed by atoms with Gasteiger partial charge in [0, 0.05) is 12.8 Å². The molecule has 1 unspecified atom stereocenters. The number of ether oxygens (including phenoxy) is 2. The van der Waals surface area contributed by atoms with Gasteiger partial charge >= 0.3 is 11.9 Å². The first-order chi connectivity index (χ1) is 46.6. The molecule has 5 nitrogen and oxygen atoms in total. The van der Waals surface area contributed by atoms with E-state index >= 15 is 0 Å². The fourth-order valence-corrected chi connectivity index (χ4v) is 10.1. The molecule has 0 aromatic rings. The van der Waals surface area contributed by atoms with E-state index in [0.717, 1.165) is 173 Å². The van der Waals surface area contributed by atoms with E-state index in [4.69, 9.17) is 9.47 Å². The minimum absolute atomic E-state index is 0.0841. The maximum Gasteiger partial charge on any atom is 0.306 e. The van der Waals surface area contributed by atoms with Crippen molar-refractivity contribution in [2.45, 2.75) is 315 Å². The zero-order chi connectivity index (χ0) is 67.5. The Labute approximate surface area is 580 Å². The Morgan fingerprint density at radius 3 is 0.638 bits per heavy atom. The van der Waals surface area contributed by atoms with Crippen LogP contribution < -0.4 is 0 Å². The van der Waals surface area contributed by atoms with Gasteiger partial charge in [0.25, 0.3) is 0 Å². The molecule has 0 saturated carbocycles. The Morgan fingerprint density at radius 1 is 0.245 bits per heavy atom. The lowest BCUT2D eigenvalue weighted by atomic mass is 10.0. The number of aliphatic hydroxyl groups is 1. The highest BCUT2D eigenvalue weighted by atomic mass is 16.6. The first-order valence-electron chi connectivity index (χ1n) is 38.3. The Kier molecular flexibility index (Phi) is 76.4. The van der Waals surface area contributed by atoms with Gasteiger partial charge in [-0.15, -0.1) is 0 Å². The monoisotopic (exact) mass is 1290 g/mol. The number of hydrogen-bond acceptors (Lipinski definition) is 5. The molecular formula is C89H140O5. The number of carbonyl (C=O) groups is 2. The molecule has 0 heterocycles. The number of allylic oxidation sites excluding steroid dienone is 36. The van der Waals surface area contributed by atoms with Crippen molar-refractivity contribution in [1.82, 2.24) is 0 Å². The summed E-state index contributed by atoms with van der Waals surface area (Å²) in [5.41, 5.74) is 0. The van der Waals surface area contributed by atoms with Crippen LogP contribution >= 0.6 is 0 Å². The van der Waals surface area contributed by atoms with Crippen LogP contribution in [0.4, 0.5) is 0 Å². The maximum atomic E-state index is 12.4. The number of carbonyl (C=O) groups excluding carboxylic acids is 2. The first-order valence-corrected chi connectivity index (χ1v) is 38.3. The van der Waals surface area contributed by atoms with Crippen molar-refractivity contribution in [2.24, 2.45) is 0 Å². The van der Waals surface area contributed by atoms with Crippen molar-refractivity contribution in [3.05, 3.63) is 219 Å². The Bertz CT molecular complexity index is 2200. The van der Waals surface area contributed by atoms with Crippen LogP contribution in [0.3, 0.4) is 0 Å². The van der Waals surface area contributed by atoms with Gasteiger partial charge in [-0.3, -0.25) is 9.59 Å². The topological polar surface area (TPSA) is 72.8 Å². The maximum absolute atomic E-state index is 12.4. The highest BCUT2D eigenvalue weighted by Crippen LogP contribution is 2.17. The molecule has 0 spiro atoms. The summed E-state index contributed by atoms with van der Waals surface area (Å²) in [6, 6.07) is 0. The molecule has 526 valence electrons. The van der Waals surface area contributed by atoms with Gasteiger partial charge in [0.15, 0.2) is 6.10 Å². The second kappa shape index (κ2) is 81.5. The quantitative estimate of drug-likeness (QED) is 0.0373. The zero-order valence-corrected chi connectivity index (χ0v) is 60.4. The van der Waals surface area contributed by atoms with Crippen LogP contribution in [0.5, 0.6) is 0 Å². The van der Waals surface area contributed by atoms with Crippen LogP contribution in [0.15, 0.2) is 219 Å². The second-order valence-electron chi connectivity index (χ2n) is 24.6. The second-order valence-corrected chi connectivity index (χ2v) is 24.6. The third-order valence-corrected chi connectivity index (χ3v) is 15.8. The summed E-state index contributed by atoms with van der Waals surface area (Å²) < 4.78 is 10.8. The lowest BCUT2D eigenvalue weighted by molar-refractivity contribution is -0.161. The molecule has 0 rings (SSSR count). The van der Waals surface area contributed by atoms with Crippen molar-refractivity contribution >= 4 is 11.9 Å². The van der Waals surface area contributed by atoms with E-state index in [1.807, 2.05) is 0 Å². The molecule has 0 aromatic carbocycles. The molecule has 0 aliphatic heterocycles. The Hall–Kier alpha value is -5.78. The minimum Gasteiger partial charge on any atom is -0.462 e. The van der Waals surface area contributed by atoms with Crippen LogP contribution in [0.1, 0.15) is 309 Å². The van der Waals surface area contributed by atoms with Crippen LogP contribution in [0, 0.1) is 0 Å². The molecule has 0 aromatic heterocycles. The van der Waals surface area contributed by atoms with Gasteiger partial charge in [0.1, 0.15) is 6.61 Å². The van der Waals surface area contributed by atoms with Crippen LogP contribution in [0.25, 0.3) is 0 Å². The molecule has 0 radical (unpaired) electrons. The predicted molar refractivity (Wildman–Crippen MR) is 416 cm³/mol. The summed E-state index contributed by atoms with van der Waals surface area (Å²) in [6.45, 7) is 3.90.